The highest BCUT2D eigenvalue weighted by molar-refractivity contribution is 5.86. The van der Waals surface area contributed by atoms with Crippen LogP contribution in [0.15, 0.2) is 42.5 Å². The average molecular weight is 394 g/mol. The highest BCUT2D eigenvalue weighted by Gasteiger charge is 2.29. The summed E-state index contributed by atoms with van der Waals surface area (Å²) in [5.41, 5.74) is 0.775. The molecule has 1 N–H and O–H groups in total. The second-order valence-corrected chi connectivity index (χ2v) is 7.15. The van der Waals surface area contributed by atoms with Crippen molar-refractivity contribution in [3.8, 4) is 11.6 Å². The van der Waals surface area contributed by atoms with Gasteiger partial charge in [0.1, 0.15) is 17.3 Å². The lowest BCUT2D eigenvalue weighted by molar-refractivity contribution is 0.120. The fourth-order valence-corrected chi connectivity index (χ4v) is 3.42. The van der Waals surface area contributed by atoms with Crippen molar-refractivity contribution in [3.63, 3.8) is 0 Å². The molecule has 1 saturated heterocycles. The zero-order valence-corrected chi connectivity index (χ0v) is 15.9. The van der Waals surface area contributed by atoms with E-state index in [0.717, 1.165) is 25.9 Å². The lowest BCUT2D eigenvalue weighted by Crippen LogP contribution is -2.38. The van der Waals surface area contributed by atoms with Crippen LogP contribution in [0, 0.1) is 17.0 Å². The highest BCUT2D eigenvalue weighted by Crippen LogP contribution is 2.33. The van der Waals surface area contributed by atoms with Crippen LogP contribution in [0.3, 0.4) is 0 Å². The standard InChI is InChI=1S/C20H21F2N3O.ClH/c1-20(9-11-23-12-10-20)13-26-19-18-15(22)6-4-8-17(18)25(24-19)16-7-3-2-5-14(16)21;/h2-8,23H,9-13H2,1H3;1H. The lowest BCUT2D eigenvalue weighted by atomic mass is 9.82. The third kappa shape index (κ3) is 3.77. The van der Waals surface area contributed by atoms with E-state index in [4.69, 9.17) is 4.74 Å². The minimum absolute atomic E-state index is 0. The summed E-state index contributed by atoms with van der Waals surface area (Å²) < 4.78 is 36.1. The number of rotatable bonds is 4. The molecule has 0 aliphatic carbocycles. The zero-order chi connectivity index (χ0) is 18.1. The van der Waals surface area contributed by atoms with E-state index < -0.39 is 11.6 Å². The number of nitrogens with one attached hydrogen (secondary N) is 1. The van der Waals surface area contributed by atoms with Crippen LogP contribution >= 0.6 is 12.4 Å². The SMILES string of the molecule is CC1(COc2nn(-c3ccccc3F)c3cccc(F)c23)CCNCC1.Cl. The molecule has 1 aromatic heterocycles. The van der Waals surface area contributed by atoms with Crippen LogP contribution in [0.5, 0.6) is 5.88 Å². The van der Waals surface area contributed by atoms with Crippen LogP contribution in [0.4, 0.5) is 8.78 Å². The summed E-state index contributed by atoms with van der Waals surface area (Å²) in [4.78, 5) is 0. The molecule has 1 aliphatic rings. The van der Waals surface area contributed by atoms with Crippen molar-refractivity contribution in [3.05, 3.63) is 54.1 Å². The normalized spacial score (nSPS) is 16.1. The van der Waals surface area contributed by atoms with E-state index in [0.29, 0.717) is 12.1 Å². The Morgan fingerprint density at radius 1 is 1.07 bits per heavy atom. The molecule has 27 heavy (non-hydrogen) atoms. The van der Waals surface area contributed by atoms with E-state index >= 15 is 0 Å². The third-order valence-corrected chi connectivity index (χ3v) is 5.07. The van der Waals surface area contributed by atoms with Crippen LogP contribution in [-0.4, -0.2) is 29.5 Å². The average Bonchev–Trinajstić information content (AvgIpc) is 3.01. The Bertz CT molecular complexity index is 938. The first-order chi connectivity index (χ1) is 12.6. The molecule has 1 fully saturated rings. The molecule has 0 unspecified atom stereocenters. The zero-order valence-electron chi connectivity index (χ0n) is 15.0. The maximum atomic E-state index is 14.5. The summed E-state index contributed by atoms with van der Waals surface area (Å²) in [6.45, 7) is 4.50. The van der Waals surface area contributed by atoms with Gasteiger partial charge in [-0.05, 0) is 50.2 Å². The van der Waals surface area contributed by atoms with E-state index in [2.05, 4.69) is 17.3 Å². The monoisotopic (exact) mass is 393 g/mol. The topological polar surface area (TPSA) is 39.1 Å². The summed E-state index contributed by atoms with van der Waals surface area (Å²) >= 11 is 0. The van der Waals surface area contributed by atoms with E-state index in [1.54, 1.807) is 30.3 Å². The minimum Gasteiger partial charge on any atom is -0.476 e. The molecule has 1 aliphatic heterocycles. The lowest BCUT2D eigenvalue weighted by Gasteiger charge is -2.33. The second kappa shape index (κ2) is 7.82. The number of nitrogens with zero attached hydrogens (tertiary/aromatic N) is 2. The number of benzene rings is 2. The molecule has 0 spiro atoms. The van der Waals surface area contributed by atoms with Gasteiger partial charge in [0.2, 0.25) is 5.88 Å². The molecule has 0 saturated carbocycles. The first-order valence-electron chi connectivity index (χ1n) is 8.83. The van der Waals surface area contributed by atoms with Crippen molar-refractivity contribution in [1.29, 1.82) is 0 Å². The molecule has 3 aromatic rings. The van der Waals surface area contributed by atoms with Gasteiger partial charge in [0.15, 0.2) is 0 Å². The van der Waals surface area contributed by atoms with E-state index in [-0.39, 0.29) is 34.8 Å². The summed E-state index contributed by atoms with van der Waals surface area (Å²) in [6.07, 6.45) is 1.98. The van der Waals surface area contributed by atoms with Crippen molar-refractivity contribution in [2.75, 3.05) is 19.7 Å². The second-order valence-electron chi connectivity index (χ2n) is 7.15. The van der Waals surface area contributed by atoms with E-state index in [1.165, 1.54) is 16.8 Å². The highest BCUT2D eigenvalue weighted by atomic mass is 35.5. The Hall–Kier alpha value is -2.18. The first kappa shape index (κ1) is 19.6. The number of piperidine rings is 1. The van der Waals surface area contributed by atoms with Crippen LogP contribution in [0.2, 0.25) is 0 Å². The third-order valence-electron chi connectivity index (χ3n) is 5.07. The van der Waals surface area contributed by atoms with Gasteiger partial charge < -0.3 is 10.1 Å². The predicted molar refractivity (Wildman–Crippen MR) is 104 cm³/mol. The van der Waals surface area contributed by atoms with Crippen molar-refractivity contribution >= 4 is 23.3 Å². The van der Waals surface area contributed by atoms with Gasteiger partial charge in [-0.2, -0.15) is 0 Å². The van der Waals surface area contributed by atoms with Gasteiger partial charge in [-0.1, -0.05) is 25.1 Å². The molecule has 0 amide bonds. The molecule has 0 bridgehead atoms. The Labute approximate surface area is 162 Å². The Kier molecular flexibility index (Phi) is 5.67. The van der Waals surface area contributed by atoms with Crippen LogP contribution < -0.4 is 10.1 Å². The van der Waals surface area contributed by atoms with Gasteiger partial charge in [-0.15, -0.1) is 17.5 Å². The summed E-state index contributed by atoms with van der Waals surface area (Å²) in [7, 11) is 0. The molecule has 2 aromatic carbocycles. The number of para-hydroxylation sites is 1. The Morgan fingerprint density at radius 3 is 2.52 bits per heavy atom. The molecular weight excluding hydrogens is 372 g/mol. The van der Waals surface area contributed by atoms with Crippen molar-refractivity contribution in [2.24, 2.45) is 5.41 Å². The number of aromatic nitrogens is 2. The van der Waals surface area contributed by atoms with Gasteiger partial charge >= 0.3 is 0 Å². The molecule has 7 heteroatoms. The van der Waals surface area contributed by atoms with Gasteiger partial charge in [0.25, 0.3) is 0 Å². The van der Waals surface area contributed by atoms with Gasteiger partial charge in [0, 0.05) is 5.41 Å². The van der Waals surface area contributed by atoms with Gasteiger partial charge in [-0.3, -0.25) is 0 Å². The first-order valence-corrected chi connectivity index (χ1v) is 8.83. The Balaban J connectivity index is 0.00000210. The van der Waals surface area contributed by atoms with Crippen molar-refractivity contribution in [1.82, 2.24) is 15.1 Å². The molecule has 0 atom stereocenters. The van der Waals surface area contributed by atoms with Crippen LogP contribution in [-0.2, 0) is 0 Å². The number of hydrogen-bond donors (Lipinski definition) is 1. The summed E-state index contributed by atoms with van der Waals surface area (Å²) in [5.74, 6) is -0.630. The maximum Gasteiger partial charge on any atom is 0.244 e. The van der Waals surface area contributed by atoms with Crippen LogP contribution in [0.25, 0.3) is 16.6 Å². The van der Waals surface area contributed by atoms with E-state index in [1.807, 2.05) is 0 Å². The van der Waals surface area contributed by atoms with Crippen molar-refractivity contribution < 1.29 is 13.5 Å². The molecule has 0 radical (unpaired) electrons. The smallest absolute Gasteiger partial charge is 0.244 e. The fourth-order valence-electron chi connectivity index (χ4n) is 3.42. The summed E-state index contributed by atoms with van der Waals surface area (Å²) in [5, 5.41) is 8.01. The number of hydrogen-bond acceptors (Lipinski definition) is 3. The number of halogens is 3. The van der Waals surface area contributed by atoms with Crippen molar-refractivity contribution in [2.45, 2.75) is 19.8 Å². The molecular formula is C20H22ClF2N3O. The van der Waals surface area contributed by atoms with Crippen LogP contribution in [0.1, 0.15) is 19.8 Å². The molecule has 4 rings (SSSR count). The largest absolute Gasteiger partial charge is 0.476 e. The van der Waals surface area contributed by atoms with E-state index in [9.17, 15) is 8.78 Å². The summed E-state index contributed by atoms with van der Waals surface area (Å²) in [6, 6.07) is 11.0. The fraction of sp³-hybridized carbons (Fsp3) is 0.350. The number of fused-ring (bicyclic) bond motifs is 1. The molecule has 2 heterocycles. The van der Waals surface area contributed by atoms with Gasteiger partial charge in [0.05, 0.1) is 17.5 Å². The Morgan fingerprint density at radius 2 is 1.78 bits per heavy atom. The molecule has 144 valence electrons. The van der Waals surface area contributed by atoms with Gasteiger partial charge in [-0.25, -0.2) is 13.5 Å². The quantitative estimate of drug-likeness (QED) is 0.709. The minimum atomic E-state index is -0.421. The maximum absolute atomic E-state index is 14.5. The number of ether oxygens (including phenoxy) is 1. The predicted octanol–water partition coefficient (Wildman–Crippen LogP) is 4.49. The molecule has 4 nitrogen and oxygen atoms in total.